The fraction of sp³-hybridized carbons (Fsp3) is 0.333. The Kier molecular flexibility index (Phi) is 4.91. The first-order chi connectivity index (χ1) is 13.8. The Bertz CT molecular complexity index is 984. The van der Waals surface area contributed by atoms with Crippen LogP contribution in [-0.2, 0) is 22.9 Å². The maximum atomic E-state index is 13.4. The number of nitrogens with one attached hydrogen (secondary N) is 1. The predicted octanol–water partition coefficient (Wildman–Crippen LogP) is 4.16. The number of imide groups is 1. The zero-order chi connectivity index (χ0) is 20.8. The topological polar surface area (TPSA) is 49.4 Å². The summed E-state index contributed by atoms with van der Waals surface area (Å²) >= 11 is 6.41. The predicted molar refractivity (Wildman–Crippen MR) is 102 cm³/mol. The number of piperidine rings is 1. The van der Waals surface area contributed by atoms with Gasteiger partial charge in [0.15, 0.2) is 0 Å². The van der Waals surface area contributed by atoms with E-state index in [1.165, 1.54) is 18.2 Å². The van der Waals surface area contributed by atoms with Crippen LogP contribution in [0.1, 0.15) is 39.9 Å². The van der Waals surface area contributed by atoms with Crippen molar-refractivity contribution < 1.29 is 22.8 Å². The molecule has 0 saturated carbocycles. The van der Waals surface area contributed by atoms with Gasteiger partial charge in [0, 0.05) is 16.1 Å². The summed E-state index contributed by atoms with van der Waals surface area (Å²) in [6.07, 6.45) is -4.17. The lowest BCUT2D eigenvalue weighted by atomic mass is 9.81. The maximum Gasteiger partial charge on any atom is 0.416 e. The number of rotatable bonds is 2. The monoisotopic (exact) mass is 422 g/mol. The van der Waals surface area contributed by atoms with E-state index in [2.05, 4.69) is 5.32 Å². The minimum absolute atomic E-state index is 0.149. The zero-order valence-corrected chi connectivity index (χ0v) is 16.1. The number of carbonyl (C=O) groups excluding carboxylic acids is 2. The number of benzene rings is 2. The van der Waals surface area contributed by atoms with Gasteiger partial charge >= 0.3 is 6.18 Å². The molecule has 8 heteroatoms. The first kappa shape index (κ1) is 19.9. The van der Waals surface area contributed by atoms with Gasteiger partial charge in [-0.15, -0.1) is 0 Å². The molecular weight excluding hydrogens is 405 g/mol. The molecule has 2 aliphatic heterocycles. The molecule has 4 rings (SSSR count). The Morgan fingerprint density at radius 1 is 1.10 bits per heavy atom. The molecule has 1 spiro atoms. The highest BCUT2D eigenvalue weighted by Gasteiger charge is 2.53. The minimum Gasteiger partial charge on any atom is -0.317 e. The summed E-state index contributed by atoms with van der Waals surface area (Å²) in [7, 11) is 0. The third-order valence-electron chi connectivity index (χ3n) is 5.69. The quantitative estimate of drug-likeness (QED) is 0.790. The van der Waals surface area contributed by atoms with Gasteiger partial charge in [-0.3, -0.25) is 14.5 Å². The second-order valence-electron chi connectivity index (χ2n) is 7.31. The fourth-order valence-electron chi connectivity index (χ4n) is 4.46. The molecule has 0 aromatic heterocycles. The van der Waals surface area contributed by atoms with Crippen LogP contribution in [0.5, 0.6) is 0 Å². The Balaban J connectivity index is 1.76. The van der Waals surface area contributed by atoms with Crippen molar-refractivity contribution in [1.29, 1.82) is 0 Å². The normalized spacial score (nSPS) is 18.2. The first-order valence-corrected chi connectivity index (χ1v) is 9.66. The number of carbonyl (C=O) groups is 2. The molecule has 0 unspecified atom stereocenters. The van der Waals surface area contributed by atoms with Crippen molar-refractivity contribution in [2.24, 2.45) is 0 Å². The molecule has 0 atom stereocenters. The highest BCUT2D eigenvalue weighted by molar-refractivity contribution is 6.32. The molecule has 0 bridgehead atoms. The van der Waals surface area contributed by atoms with Crippen LogP contribution >= 0.6 is 11.6 Å². The third-order valence-corrected chi connectivity index (χ3v) is 6.00. The van der Waals surface area contributed by atoms with Crippen molar-refractivity contribution in [2.45, 2.75) is 31.0 Å². The van der Waals surface area contributed by atoms with E-state index in [9.17, 15) is 22.8 Å². The summed E-state index contributed by atoms with van der Waals surface area (Å²) < 4.78 is 40.1. The standard InChI is InChI=1S/C21H18ClF3N2O2/c22-16-7-3-5-14-18(16)20(8-10-26-11-9-20)27(19(14)29)17(28)12-13-4-1-2-6-15(13)21(23,24)25/h1-7,26H,8-12H2. The van der Waals surface area contributed by atoms with Gasteiger partial charge in [-0.1, -0.05) is 35.9 Å². The number of fused-ring (bicyclic) bond motifs is 2. The second kappa shape index (κ2) is 7.15. The SMILES string of the molecule is O=C(Cc1ccccc1C(F)(F)F)N1C(=O)c2cccc(Cl)c2C12CCNCC2. The highest BCUT2D eigenvalue weighted by atomic mass is 35.5. The lowest BCUT2D eigenvalue weighted by molar-refractivity contribution is -0.139. The zero-order valence-electron chi connectivity index (χ0n) is 15.4. The summed E-state index contributed by atoms with van der Waals surface area (Å²) in [4.78, 5) is 27.5. The molecule has 0 aliphatic carbocycles. The van der Waals surface area contributed by atoms with E-state index >= 15 is 0 Å². The van der Waals surface area contributed by atoms with Gasteiger partial charge in [0.2, 0.25) is 5.91 Å². The van der Waals surface area contributed by atoms with Crippen LogP contribution in [0.4, 0.5) is 13.2 Å². The fourth-order valence-corrected chi connectivity index (χ4v) is 4.81. The lowest BCUT2D eigenvalue weighted by Gasteiger charge is -2.41. The molecule has 2 aromatic rings. The van der Waals surface area contributed by atoms with Crippen molar-refractivity contribution in [3.8, 4) is 0 Å². The van der Waals surface area contributed by atoms with Crippen LogP contribution in [0.3, 0.4) is 0 Å². The molecule has 1 fully saturated rings. The van der Waals surface area contributed by atoms with E-state index in [-0.39, 0.29) is 5.56 Å². The number of hydrogen-bond acceptors (Lipinski definition) is 3. The van der Waals surface area contributed by atoms with Gasteiger partial charge in [-0.2, -0.15) is 13.2 Å². The maximum absolute atomic E-state index is 13.4. The average molecular weight is 423 g/mol. The summed E-state index contributed by atoms with van der Waals surface area (Å²) in [6.45, 7) is 1.14. The number of alkyl halides is 3. The molecule has 1 saturated heterocycles. The summed E-state index contributed by atoms with van der Waals surface area (Å²) in [5.74, 6) is -1.15. The Hall–Kier alpha value is -2.38. The van der Waals surface area contributed by atoms with Gasteiger partial charge in [0.1, 0.15) is 0 Å². The molecule has 2 heterocycles. The largest absolute Gasteiger partial charge is 0.416 e. The van der Waals surface area contributed by atoms with Crippen molar-refractivity contribution >= 4 is 23.4 Å². The second-order valence-corrected chi connectivity index (χ2v) is 7.72. The van der Waals surface area contributed by atoms with Crippen LogP contribution < -0.4 is 5.32 Å². The number of halogens is 4. The van der Waals surface area contributed by atoms with E-state index in [1.54, 1.807) is 18.2 Å². The number of hydrogen-bond donors (Lipinski definition) is 1. The van der Waals surface area contributed by atoms with Crippen LogP contribution in [0, 0.1) is 0 Å². The Labute approximate surface area is 170 Å². The summed E-state index contributed by atoms with van der Waals surface area (Å²) in [6, 6.07) is 9.88. The van der Waals surface area contributed by atoms with Crippen molar-refractivity contribution in [2.75, 3.05) is 13.1 Å². The third kappa shape index (κ3) is 3.22. The molecular formula is C21H18ClF3N2O2. The summed E-state index contributed by atoms with van der Waals surface area (Å²) in [5, 5.41) is 3.59. The van der Waals surface area contributed by atoms with Gasteiger partial charge in [0.05, 0.1) is 17.5 Å². The molecule has 2 aliphatic rings. The lowest BCUT2D eigenvalue weighted by Crippen LogP contribution is -2.53. The summed E-state index contributed by atoms with van der Waals surface area (Å²) in [5.41, 5.74) is -0.999. The van der Waals surface area contributed by atoms with Gasteiger partial charge in [-0.25, -0.2) is 0 Å². The molecule has 2 amide bonds. The van der Waals surface area contributed by atoms with Crippen molar-refractivity contribution in [3.63, 3.8) is 0 Å². The molecule has 2 aromatic carbocycles. The van der Waals surface area contributed by atoms with Crippen LogP contribution in [0.15, 0.2) is 42.5 Å². The number of nitrogens with zero attached hydrogens (tertiary/aromatic N) is 1. The van der Waals surface area contributed by atoms with Crippen molar-refractivity contribution in [3.05, 3.63) is 69.7 Å². The minimum atomic E-state index is -4.58. The van der Waals surface area contributed by atoms with Gasteiger partial charge in [-0.05, 0) is 49.7 Å². The first-order valence-electron chi connectivity index (χ1n) is 9.28. The highest BCUT2D eigenvalue weighted by Crippen LogP contribution is 2.48. The van der Waals surface area contributed by atoms with Crippen LogP contribution in [0.25, 0.3) is 0 Å². The van der Waals surface area contributed by atoms with E-state index in [1.807, 2.05) is 0 Å². The van der Waals surface area contributed by atoms with Crippen LogP contribution in [0.2, 0.25) is 5.02 Å². The van der Waals surface area contributed by atoms with Crippen LogP contribution in [-0.4, -0.2) is 29.8 Å². The molecule has 152 valence electrons. The molecule has 29 heavy (non-hydrogen) atoms. The van der Waals surface area contributed by atoms with Crippen molar-refractivity contribution in [1.82, 2.24) is 10.2 Å². The van der Waals surface area contributed by atoms with E-state index < -0.39 is 35.5 Å². The van der Waals surface area contributed by atoms with Gasteiger partial charge in [0.25, 0.3) is 5.91 Å². The molecule has 0 radical (unpaired) electrons. The smallest absolute Gasteiger partial charge is 0.317 e. The van der Waals surface area contributed by atoms with E-state index in [4.69, 9.17) is 11.6 Å². The van der Waals surface area contributed by atoms with Gasteiger partial charge < -0.3 is 5.32 Å². The Morgan fingerprint density at radius 3 is 2.48 bits per heavy atom. The van der Waals surface area contributed by atoms with E-state index in [0.29, 0.717) is 42.1 Å². The number of amides is 2. The van der Waals surface area contributed by atoms with E-state index in [0.717, 1.165) is 11.0 Å². The molecule has 1 N–H and O–H groups in total. The molecule has 4 nitrogen and oxygen atoms in total. The average Bonchev–Trinajstić information content (AvgIpc) is 2.91. The Morgan fingerprint density at radius 2 is 1.79 bits per heavy atom.